The van der Waals surface area contributed by atoms with Gasteiger partial charge in [0.15, 0.2) is 4.32 Å². The summed E-state index contributed by atoms with van der Waals surface area (Å²) in [7, 11) is 0. The van der Waals surface area contributed by atoms with Gasteiger partial charge in [0.2, 0.25) is 0 Å². The molecule has 1 fully saturated rings. The molecule has 1 aliphatic rings. The molecule has 0 aromatic heterocycles. The number of carbonyl (C=O) groups is 1. The molecule has 1 heterocycles. The van der Waals surface area contributed by atoms with Crippen molar-refractivity contribution in [3.05, 3.63) is 75.9 Å². The second-order valence-corrected chi connectivity index (χ2v) is 8.33. The van der Waals surface area contributed by atoms with Gasteiger partial charge in [-0.15, -0.1) is 0 Å². The van der Waals surface area contributed by atoms with E-state index in [-0.39, 0.29) is 10.9 Å². The molecule has 0 saturated carbocycles. The first-order valence-corrected chi connectivity index (χ1v) is 10.5. The third-order valence-corrected chi connectivity index (χ3v) is 6.05. The number of ether oxygens (including phenoxy) is 1. The van der Waals surface area contributed by atoms with E-state index in [0.29, 0.717) is 27.3 Å². The van der Waals surface area contributed by atoms with Crippen molar-refractivity contribution >= 4 is 68.3 Å². The third kappa shape index (κ3) is 3.75. The lowest BCUT2D eigenvalue weighted by molar-refractivity contribution is -0.113. The number of fused-ring (bicyclic) bond motifs is 1. The van der Waals surface area contributed by atoms with Gasteiger partial charge in [0.05, 0.1) is 22.2 Å². The number of thioether (sulfide) groups is 1. The van der Waals surface area contributed by atoms with Gasteiger partial charge in [0, 0.05) is 5.56 Å². The van der Waals surface area contributed by atoms with Gasteiger partial charge in [-0.2, -0.15) is 0 Å². The van der Waals surface area contributed by atoms with Crippen molar-refractivity contribution in [2.24, 2.45) is 0 Å². The van der Waals surface area contributed by atoms with Crippen LogP contribution in [0.2, 0.25) is 5.02 Å². The fraction of sp³-hybridized carbons (Fsp3) is 0.0909. The minimum atomic E-state index is -0.548. The van der Waals surface area contributed by atoms with E-state index in [1.165, 1.54) is 34.9 Å². The van der Waals surface area contributed by atoms with Crippen LogP contribution in [0, 0.1) is 5.82 Å². The third-order valence-electron chi connectivity index (χ3n) is 4.46. The largest absolute Gasteiger partial charge is 0.493 e. The van der Waals surface area contributed by atoms with Gasteiger partial charge < -0.3 is 4.74 Å². The lowest BCUT2D eigenvalue weighted by Gasteiger charge is -2.15. The second kappa shape index (κ2) is 8.14. The van der Waals surface area contributed by atoms with E-state index in [1.807, 2.05) is 43.3 Å². The molecule has 146 valence electrons. The van der Waals surface area contributed by atoms with E-state index in [9.17, 15) is 9.18 Å². The van der Waals surface area contributed by atoms with Crippen LogP contribution >= 0.6 is 35.6 Å². The van der Waals surface area contributed by atoms with Gasteiger partial charge in [-0.1, -0.05) is 65.9 Å². The monoisotopic (exact) mass is 443 g/mol. The molecule has 3 aromatic carbocycles. The van der Waals surface area contributed by atoms with Crippen LogP contribution in [0.5, 0.6) is 5.75 Å². The highest BCUT2D eigenvalue weighted by atomic mass is 35.5. The van der Waals surface area contributed by atoms with Crippen LogP contribution in [0.15, 0.2) is 59.5 Å². The molecule has 0 N–H and O–H groups in total. The van der Waals surface area contributed by atoms with Crippen LogP contribution in [0.3, 0.4) is 0 Å². The highest BCUT2D eigenvalue weighted by molar-refractivity contribution is 8.27. The number of nitrogens with zero attached hydrogens (tertiary/aromatic N) is 1. The van der Waals surface area contributed by atoms with Gasteiger partial charge in [-0.3, -0.25) is 9.69 Å². The average Bonchev–Trinajstić information content (AvgIpc) is 2.99. The van der Waals surface area contributed by atoms with Crippen LogP contribution in [-0.4, -0.2) is 16.8 Å². The molecule has 0 atom stereocenters. The van der Waals surface area contributed by atoms with Crippen molar-refractivity contribution in [2.75, 3.05) is 11.5 Å². The summed E-state index contributed by atoms with van der Waals surface area (Å²) in [6.45, 7) is 2.42. The van der Waals surface area contributed by atoms with E-state index in [4.69, 9.17) is 28.6 Å². The summed E-state index contributed by atoms with van der Waals surface area (Å²) < 4.78 is 19.7. The summed E-state index contributed by atoms with van der Waals surface area (Å²) in [5.74, 6) is -0.132. The van der Waals surface area contributed by atoms with Gasteiger partial charge in [-0.25, -0.2) is 4.39 Å². The number of benzene rings is 3. The van der Waals surface area contributed by atoms with Gasteiger partial charge in [-0.05, 0) is 48.0 Å². The van der Waals surface area contributed by atoms with Crippen LogP contribution in [0.4, 0.5) is 10.1 Å². The Morgan fingerprint density at radius 3 is 2.76 bits per heavy atom. The molecule has 1 amide bonds. The van der Waals surface area contributed by atoms with Crippen LogP contribution < -0.4 is 9.64 Å². The van der Waals surface area contributed by atoms with Crippen molar-refractivity contribution in [3.63, 3.8) is 0 Å². The lowest BCUT2D eigenvalue weighted by atomic mass is 10.0. The number of hydrogen-bond acceptors (Lipinski definition) is 4. The Bertz CT molecular complexity index is 1180. The van der Waals surface area contributed by atoms with Crippen molar-refractivity contribution in [3.8, 4) is 5.75 Å². The molecular weight excluding hydrogens is 429 g/mol. The fourth-order valence-corrected chi connectivity index (χ4v) is 4.61. The average molecular weight is 444 g/mol. The number of anilines is 1. The summed E-state index contributed by atoms with van der Waals surface area (Å²) in [5, 5.41) is 1.96. The molecule has 0 spiro atoms. The normalized spacial score (nSPS) is 15.6. The maximum atomic E-state index is 13.5. The summed E-state index contributed by atoms with van der Waals surface area (Å²) in [6, 6.07) is 15.9. The Hall–Kier alpha value is -2.41. The Labute approximate surface area is 182 Å². The maximum Gasteiger partial charge on any atom is 0.270 e. The first kappa shape index (κ1) is 19.9. The quantitative estimate of drug-likeness (QED) is 0.343. The summed E-state index contributed by atoms with van der Waals surface area (Å²) in [6.07, 6.45) is 1.80. The number of hydrogen-bond donors (Lipinski definition) is 0. The Balaban J connectivity index is 1.79. The molecule has 0 unspecified atom stereocenters. The Kier molecular flexibility index (Phi) is 5.58. The van der Waals surface area contributed by atoms with E-state index in [2.05, 4.69) is 0 Å². The summed E-state index contributed by atoms with van der Waals surface area (Å²) in [5.41, 5.74) is 1.26. The molecule has 3 nitrogen and oxygen atoms in total. The standard InChI is InChI=1S/C22H15ClFNO2S2/c1-2-27-19-10-7-13-5-3-4-6-15(13)16(19)12-20-21(26)25(22(28)29-20)14-8-9-18(24)17(23)11-14/h3-12H,2H2,1H3/b20-12-. The predicted molar refractivity (Wildman–Crippen MR) is 122 cm³/mol. The minimum absolute atomic E-state index is 0.0618. The first-order valence-electron chi connectivity index (χ1n) is 8.87. The molecule has 1 saturated heterocycles. The summed E-state index contributed by atoms with van der Waals surface area (Å²) in [4.78, 5) is 14.9. The number of halogens is 2. The number of amides is 1. The van der Waals surface area contributed by atoms with E-state index in [1.54, 1.807) is 6.08 Å². The van der Waals surface area contributed by atoms with E-state index in [0.717, 1.165) is 16.3 Å². The highest BCUT2D eigenvalue weighted by Crippen LogP contribution is 2.39. The fourth-order valence-electron chi connectivity index (χ4n) is 3.15. The van der Waals surface area contributed by atoms with E-state index < -0.39 is 5.82 Å². The highest BCUT2D eigenvalue weighted by Gasteiger charge is 2.34. The predicted octanol–water partition coefficient (Wildman–Crippen LogP) is 6.44. The lowest BCUT2D eigenvalue weighted by Crippen LogP contribution is -2.27. The topological polar surface area (TPSA) is 29.5 Å². The zero-order valence-corrected chi connectivity index (χ0v) is 17.7. The second-order valence-electron chi connectivity index (χ2n) is 6.25. The zero-order valence-electron chi connectivity index (χ0n) is 15.3. The van der Waals surface area contributed by atoms with Gasteiger partial charge in [0.1, 0.15) is 11.6 Å². The molecule has 1 aliphatic heterocycles. The Morgan fingerprint density at radius 2 is 2.00 bits per heavy atom. The molecule has 3 aromatic rings. The van der Waals surface area contributed by atoms with Crippen molar-refractivity contribution in [1.29, 1.82) is 0 Å². The van der Waals surface area contributed by atoms with E-state index >= 15 is 0 Å². The molecular formula is C22H15ClFNO2S2. The number of rotatable bonds is 4. The van der Waals surface area contributed by atoms with Crippen molar-refractivity contribution < 1.29 is 13.9 Å². The first-order chi connectivity index (χ1) is 14.0. The molecule has 0 bridgehead atoms. The molecule has 7 heteroatoms. The number of thiocarbonyl (C=S) groups is 1. The van der Waals surface area contributed by atoms with Crippen LogP contribution in [0.1, 0.15) is 12.5 Å². The van der Waals surface area contributed by atoms with Gasteiger partial charge >= 0.3 is 0 Å². The molecule has 0 radical (unpaired) electrons. The SMILES string of the molecule is CCOc1ccc2ccccc2c1/C=C1\SC(=S)N(c2ccc(F)c(Cl)c2)C1=O. The van der Waals surface area contributed by atoms with Crippen LogP contribution in [-0.2, 0) is 4.79 Å². The Morgan fingerprint density at radius 1 is 1.21 bits per heavy atom. The van der Waals surface area contributed by atoms with Crippen molar-refractivity contribution in [1.82, 2.24) is 0 Å². The molecule has 4 rings (SSSR count). The van der Waals surface area contributed by atoms with Crippen LogP contribution in [0.25, 0.3) is 16.8 Å². The maximum absolute atomic E-state index is 13.5. The summed E-state index contributed by atoms with van der Waals surface area (Å²) >= 11 is 12.5. The van der Waals surface area contributed by atoms with Crippen molar-refractivity contribution in [2.45, 2.75) is 6.92 Å². The molecule has 0 aliphatic carbocycles. The molecule has 29 heavy (non-hydrogen) atoms. The zero-order chi connectivity index (χ0) is 20.5. The van der Waals surface area contributed by atoms with Gasteiger partial charge in [0.25, 0.3) is 5.91 Å². The number of carbonyl (C=O) groups excluding carboxylic acids is 1. The minimum Gasteiger partial charge on any atom is -0.493 e. The smallest absolute Gasteiger partial charge is 0.270 e.